The summed E-state index contributed by atoms with van der Waals surface area (Å²) < 4.78 is 43.0. The second kappa shape index (κ2) is 7.38. The lowest BCUT2D eigenvalue weighted by atomic mass is 10.1. The van der Waals surface area contributed by atoms with Gasteiger partial charge in [0.2, 0.25) is 0 Å². The molecule has 0 amide bonds. The zero-order valence-corrected chi connectivity index (χ0v) is 15.2. The molecule has 0 radical (unpaired) electrons. The van der Waals surface area contributed by atoms with Crippen LogP contribution in [0.4, 0.5) is 19.0 Å². The fraction of sp³-hybridized carbons (Fsp3) is 0.158. The van der Waals surface area contributed by atoms with Gasteiger partial charge in [-0.3, -0.25) is 14.0 Å². The minimum atomic E-state index is -2.90. The Morgan fingerprint density at radius 1 is 1.21 bits per heavy atom. The summed E-state index contributed by atoms with van der Waals surface area (Å²) in [6.07, 6.45) is 3.14. The van der Waals surface area contributed by atoms with Gasteiger partial charge >= 0.3 is 0 Å². The third-order valence-corrected chi connectivity index (χ3v) is 4.43. The number of benzene rings is 1. The SMILES string of the molecule is Cn1cc(-n2cc3c(NCc4cccc(C(F)F)c4F)ncnc3cc2=O)cn1. The number of rotatable bonds is 5. The maximum absolute atomic E-state index is 14.3. The molecule has 3 aromatic heterocycles. The maximum Gasteiger partial charge on any atom is 0.266 e. The number of fused-ring (bicyclic) bond motifs is 1. The molecule has 0 aliphatic rings. The number of aryl methyl sites for hydroxylation is 1. The van der Waals surface area contributed by atoms with E-state index in [1.54, 1.807) is 24.1 Å². The van der Waals surface area contributed by atoms with E-state index in [-0.39, 0.29) is 17.7 Å². The highest BCUT2D eigenvalue weighted by atomic mass is 19.3. The topological polar surface area (TPSA) is 77.6 Å². The van der Waals surface area contributed by atoms with Crippen molar-refractivity contribution in [2.24, 2.45) is 7.05 Å². The standard InChI is InChI=1S/C19H15F3N6O/c1-27-8-12(7-26-27)28-9-14-15(5-16(28)29)24-10-25-19(14)23-6-11-3-2-4-13(17(11)20)18(21)22/h2-5,7-10,18H,6H2,1H3,(H,23,24,25). The molecule has 7 nitrogen and oxygen atoms in total. The van der Waals surface area contributed by atoms with Gasteiger partial charge in [0.05, 0.1) is 28.4 Å². The Morgan fingerprint density at radius 2 is 2.03 bits per heavy atom. The quantitative estimate of drug-likeness (QED) is 0.557. The van der Waals surface area contributed by atoms with Gasteiger partial charge in [-0.05, 0) is 0 Å². The molecule has 4 rings (SSSR count). The van der Waals surface area contributed by atoms with Crippen molar-refractivity contribution in [2.45, 2.75) is 13.0 Å². The van der Waals surface area contributed by atoms with Crippen LogP contribution in [-0.4, -0.2) is 24.3 Å². The van der Waals surface area contributed by atoms with E-state index in [9.17, 15) is 18.0 Å². The van der Waals surface area contributed by atoms with E-state index < -0.39 is 17.8 Å². The molecule has 0 atom stereocenters. The molecule has 0 saturated heterocycles. The zero-order chi connectivity index (χ0) is 20.5. The van der Waals surface area contributed by atoms with Crippen molar-refractivity contribution < 1.29 is 13.2 Å². The van der Waals surface area contributed by atoms with Crippen LogP contribution in [0.1, 0.15) is 17.6 Å². The van der Waals surface area contributed by atoms with E-state index in [1.807, 2.05) is 0 Å². The van der Waals surface area contributed by atoms with Gasteiger partial charge in [-0.25, -0.2) is 23.1 Å². The van der Waals surface area contributed by atoms with E-state index in [0.717, 1.165) is 6.07 Å². The molecular formula is C19H15F3N6O. The number of hydrogen-bond donors (Lipinski definition) is 1. The van der Waals surface area contributed by atoms with E-state index in [0.29, 0.717) is 22.4 Å². The van der Waals surface area contributed by atoms with Crippen LogP contribution in [0, 0.1) is 5.82 Å². The molecule has 0 unspecified atom stereocenters. The monoisotopic (exact) mass is 400 g/mol. The second-order valence-corrected chi connectivity index (χ2v) is 6.35. The third-order valence-electron chi connectivity index (χ3n) is 4.43. The predicted octanol–water partition coefficient (Wildman–Crippen LogP) is 3.20. The van der Waals surface area contributed by atoms with Crippen LogP contribution in [0.3, 0.4) is 0 Å². The molecule has 0 aliphatic heterocycles. The largest absolute Gasteiger partial charge is 0.365 e. The first-order valence-electron chi connectivity index (χ1n) is 8.60. The van der Waals surface area contributed by atoms with Crippen LogP contribution < -0.4 is 10.9 Å². The number of nitrogens with zero attached hydrogens (tertiary/aromatic N) is 5. The highest BCUT2D eigenvalue weighted by Crippen LogP contribution is 2.25. The lowest BCUT2D eigenvalue weighted by Gasteiger charge is -2.12. The Bertz CT molecular complexity index is 1250. The van der Waals surface area contributed by atoms with Crippen molar-refractivity contribution in [3.05, 3.63) is 76.5 Å². The smallest absolute Gasteiger partial charge is 0.266 e. The van der Waals surface area contributed by atoms with Crippen molar-refractivity contribution >= 4 is 16.7 Å². The molecule has 0 fully saturated rings. The first kappa shape index (κ1) is 18.7. The molecule has 0 aliphatic carbocycles. The van der Waals surface area contributed by atoms with Crippen molar-refractivity contribution in [2.75, 3.05) is 5.32 Å². The van der Waals surface area contributed by atoms with Gasteiger partial charge in [-0.1, -0.05) is 18.2 Å². The summed E-state index contributed by atoms with van der Waals surface area (Å²) in [5, 5.41) is 7.51. The number of pyridine rings is 1. The normalized spacial score (nSPS) is 11.3. The van der Waals surface area contributed by atoms with Crippen LogP contribution in [0.5, 0.6) is 0 Å². The lowest BCUT2D eigenvalue weighted by Crippen LogP contribution is -2.17. The van der Waals surface area contributed by atoms with E-state index in [4.69, 9.17) is 0 Å². The van der Waals surface area contributed by atoms with E-state index >= 15 is 0 Å². The second-order valence-electron chi connectivity index (χ2n) is 6.35. The van der Waals surface area contributed by atoms with Gasteiger partial charge in [0.25, 0.3) is 12.0 Å². The third kappa shape index (κ3) is 3.56. The number of nitrogens with one attached hydrogen (secondary N) is 1. The molecule has 4 aromatic rings. The zero-order valence-electron chi connectivity index (χ0n) is 15.2. The lowest BCUT2D eigenvalue weighted by molar-refractivity contribution is 0.146. The van der Waals surface area contributed by atoms with Crippen LogP contribution in [0.15, 0.2) is 54.0 Å². The Balaban J connectivity index is 1.71. The molecule has 29 heavy (non-hydrogen) atoms. The number of hydrogen-bond acceptors (Lipinski definition) is 5. The fourth-order valence-corrected chi connectivity index (χ4v) is 2.99. The van der Waals surface area contributed by atoms with E-state index in [1.165, 1.54) is 35.3 Å². The average Bonchev–Trinajstić information content (AvgIpc) is 3.12. The van der Waals surface area contributed by atoms with Gasteiger partial charge in [-0.15, -0.1) is 0 Å². The average molecular weight is 400 g/mol. The summed E-state index contributed by atoms with van der Waals surface area (Å²) in [6, 6.07) is 5.20. The summed E-state index contributed by atoms with van der Waals surface area (Å²) in [7, 11) is 1.73. The first-order valence-corrected chi connectivity index (χ1v) is 8.60. The Hall–Kier alpha value is -3.69. The molecule has 10 heteroatoms. The maximum atomic E-state index is 14.3. The number of halogens is 3. The van der Waals surface area contributed by atoms with E-state index in [2.05, 4.69) is 20.4 Å². The van der Waals surface area contributed by atoms with Crippen LogP contribution >= 0.6 is 0 Å². The fourth-order valence-electron chi connectivity index (χ4n) is 2.99. The van der Waals surface area contributed by atoms with Gasteiger partial charge in [0.1, 0.15) is 18.0 Å². The van der Waals surface area contributed by atoms with Crippen molar-refractivity contribution in [1.82, 2.24) is 24.3 Å². The highest BCUT2D eigenvalue weighted by molar-refractivity contribution is 5.88. The molecule has 0 bridgehead atoms. The van der Waals surface area contributed by atoms with Gasteiger partial charge in [-0.2, -0.15) is 5.10 Å². The Kier molecular flexibility index (Phi) is 4.75. The van der Waals surface area contributed by atoms with Crippen LogP contribution in [0.2, 0.25) is 0 Å². The Morgan fingerprint density at radius 3 is 2.76 bits per heavy atom. The van der Waals surface area contributed by atoms with Gasteiger partial charge in [0.15, 0.2) is 0 Å². The predicted molar refractivity (Wildman–Crippen MR) is 101 cm³/mol. The molecule has 3 heterocycles. The van der Waals surface area contributed by atoms with Crippen molar-refractivity contribution in [3.8, 4) is 5.69 Å². The number of alkyl halides is 2. The molecule has 0 saturated carbocycles. The van der Waals surface area contributed by atoms with Gasteiger partial charge in [0, 0.05) is 37.6 Å². The molecule has 0 spiro atoms. The summed E-state index contributed by atoms with van der Waals surface area (Å²) in [5.74, 6) is -0.616. The Labute approximate surface area is 162 Å². The highest BCUT2D eigenvalue weighted by Gasteiger charge is 2.16. The van der Waals surface area contributed by atoms with Crippen LogP contribution in [-0.2, 0) is 13.6 Å². The minimum absolute atomic E-state index is 0.0650. The summed E-state index contributed by atoms with van der Waals surface area (Å²) >= 11 is 0. The molecule has 1 N–H and O–H groups in total. The van der Waals surface area contributed by atoms with Gasteiger partial charge < -0.3 is 5.32 Å². The number of anilines is 1. The van der Waals surface area contributed by atoms with Crippen molar-refractivity contribution in [3.63, 3.8) is 0 Å². The van der Waals surface area contributed by atoms with Crippen LogP contribution in [0.25, 0.3) is 16.6 Å². The summed E-state index contributed by atoms with van der Waals surface area (Å²) in [5.41, 5.74) is 0.0857. The minimum Gasteiger partial charge on any atom is -0.365 e. The molecular weight excluding hydrogens is 385 g/mol. The molecule has 148 valence electrons. The summed E-state index contributed by atoms with van der Waals surface area (Å²) in [4.78, 5) is 20.6. The molecule has 1 aromatic carbocycles. The first-order chi connectivity index (χ1) is 13.9. The van der Waals surface area contributed by atoms with Crippen molar-refractivity contribution in [1.29, 1.82) is 0 Å². The summed E-state index contributed by atoms with van der Waals surface area (Å²) in [6.45, 7) is -0.0650. The number of aromatic nitrogens is 5.